The zero-order valence-electron chi connectivity index (χ0n) is 49.4. The summed E-state index contributed by atoms with van der Waals surface area (Å²) in [6.07, 6.45) is 2.30. The van der Waals surface area contributed by atoms with Crippen molar-refractivity contribution < 1.29 is 4.42 Å². The molecular formula is C76H73BN2O. The molecule has 3 nitrogen and oxygen atoms in total. The second-order valence-corrected chi connectivity index (χ2v) is 28.4. The maximum absolute atomic E-state index is 7.50. The number of furan rings is 1. The van der Waals surface area contributed by atoms with Crippen LogP contribution in [0.25, 0.3) is 55.3 Å². The molecule has 0 N–H and O–H groups in total. The first-order chi connectivity index (χ1) is 38.0. The molecule has 0 radical (unpaired) electrons. The van der Waals surface area contributed by atoms with Crippen LogP contribution in [0.15, 0.2) is 168 Å². The van der Waals surface area contributed by atoms with Crippen molar-refractivity contribution >= 4 is 68.1 Å². The van der Waals surface area contributed by atoms with Crippen LogP contribution in [-0.4, -0.2) is 6.85 Å². The third-order valence-corrected chi connectivity index (χ3v) is 20.6. The highest BCUT2D eigenvalue weighted by atomic mass is 16.3. The van der Waals surface area contributed by atoms with Gasteiger partial charge in [-0.3, -0.25) is 0 Å². The number of nitrogens with zero attached hydrogens (tertiary/aromatic N) is 2. The van der Waals surface area contributed by atoms with Crippen LogP contribution in [0.3, 0.4) is 0 Å². The molecule has 5 aliphatic rings. The minimum absolute atomic E-state index is 0.00584. The van der Waals surface area contributed by atoms with Gasteiger partial charge in [-0.05, 0) is 162 Å². The van der Waals surface area contributed by atoms with Crippen LogP contribution in [0.5, 0.6) is 0 Å². The SMILES string of the molecule is Cc1cc2c(cc1N1c3cc4c(cc3B3c5c1cc1c(oc6ccccc61)c5-c1c(ccc5c1C(C)(C)c1ccccc1-5)N3c1ccc(C(C)(C)C)cc1-c1ccccc1)C(C)(C)c1ccccc1C4(C)C)C(C)(C)CCC2(C)C. The van der Waals surface area contributed by atoms with E-state index in [-0.39, 0.29) is 39.3 Å². The summed E-state index contributed by atoms with van der Waals surface area (Å²) in [7, 11) is 0. The Kier molecular flexibility index (Phi) is 9.95. The predicted octanol–water partition coefficient (Wildman–Crippen LogP) is 19.2. The first-order valence-electron chi connectivity index (χ1n) is 29.5. The Morgan fingerprint density at radius 1 is 0.450 bits per heavy atom. The van der Waals surface area contributed by atoms with Crippen LogP contribution >= 0.6 is 0 Å². The summed E-state index contributed by atoms with van der Waals surface area (Å²) < 4.78 is 7.50. The van der Waals surface area contributed by atoms with Crippen LogP contribution in [-0.2, 0) is 32.5 Å². The summed E-state index contributed by atoms with van der Waals surface area (Å²) in [6, 6.07) is 63.8. The highest BCUT2D eigenvalue weighted by Gasteiger charge is 2.53. The molecule has 10 aromatic rings. The van der Waals surface area contributed by atoms with Crippen molar-refractivity contribution in [2.45, 2.75) is 142 Å². The normalized spacial score (nSPS) is 17.9. The van der Waals surface area contributed by atoms with Gasteiger partial charge in [0.1, 0.15) is 11.2 Å². The molecule has 3 heterocycles. The van der Waals surface area contributed by atoms with Gasteiger partial charge in [0.15, 0.2) is 0 Å². The fourth-order valence-electron chi connectivity index (χ4n) is 16.0. The molecule has 0 amide bonds. The molecule has 0 fully saturated rings. The number of hydrogen-bond acceptors (Lipinski definition) is 3. The summed E-state index contributed by atoms with van der Waals surface area (Å²) in [5.74, 6) is 0. The van der Waals surface area contributed by atoms with Gasteiger partial charge >= 0.3 is 6.85 Å². The zero-order chi connectivity index (χ0) is 55.5. The van der Waals surface area contributed by atoms with E-state index >= 15 is 0 Å². The van der Waals surface area contributed by atoms with E-state index in [0.717, 1.165) is 34.8 Å². The van der Waals surface area contributed by atoms with Crippen LogP contribution < -0.4 is 20.6 Å². The van der Waals surface area contributed by atoms with E-state index < -0.39 is 0 Å². The fraction of sp³-hybridized carbons (Fsp3) is 0.289. The molecule has 1 aromatic heterocycles. The Hall–Kier alpha value is -7.56. The largest absolute Gasteiger partial charge is 0.455 e. The van der Waals surface area contributed by atoms with Crippen molar-refractivity contribution in [2.75, 3.05) is 9.71 Å². The van der Waals surface area contributed by atoms with Crippen molar-refractivity contribution in [3.8, 4) is 33.4 Å². The molecule has 3 aliphatic carbocycles. The van der Waals surface area contributed by atoms with E-state index in [1.165, 1.54) is 128 Å². The number of hydrogen-bond donors (Lipinski definition) is 0. The van der Waals surface area contributed by atoms with Gasteiger partial charge in [-0.15, -0.1) is 0 Å². The number of rotatable bonds is 3. The first kappa shape index (κ1) is 49.5. The summed E-state index contributed by atoms with van der Waals surface area (Å²) in [5, 5.41) is 2.29. The predicted molar refractivity (Wildman–Crippen MR) is 340 cm³/mol. The maximum atomic E-state index is 7.50. The van der Waals surface area contributed by atoms with Crippen LogP contribution in [0, 0.1) is 6.92 Å². The smallest absolute Gasteiger partial charge is 0.333 e. The lowest BCUT2D eigenvalue weighted by Gasteiger charge is -2.50. The van der Waals surface area contributed by atoms with Gasteiger partial charge in [0, 0.05) is 72.1 Å². The van der Waals surface area contributed by atoms with E-state index in [4.69, 9.17) is 4.42 Å². The highest BCUT2D eigenvalue weighted by Crippen LogP contribution is 2.61. The van der Waals surface area contributed by atoms with Gasteiger partial charge in [-0.25, -0.2) is 0 Å². The minimum Gasteiger partial charge on any atom is -0.455 e. The van der Waals surface area contributed by atoms with Gasteiger partial charge in [-0.1, -0.05) is 211 Å². The molecule has 15 rings (SSSR count). The molecule has 396 valence electrons. The van der Waals surface area contributed by atoms with Crippen molar-refractivity contribution in [1.29, 1.82) is 0 Å². The standard InChI is InChI=1S/C76H73BN2O/c1-44-38-55-56(73(7,8)37-36-72(55,5)6)42-62(44)78-63-43-58-57(74(9,10)53-29-21-22-30-54(53)75(58,11)12)41-59(63)77-69-64(78)40-51-48-27-19-23-31-65(48)80-70(51)67(69)66-61(35-33-49-47-26-18-20-28-52(47)76(13,14)68(49)66)79(77)60-34-32-46(71(2,3)4)39-50(60)45-24-16-15-17-25-45/h15-35,38-43H,36-37H2,1-14H3. The molecular weight excluding hydrogens is 968 g/mol. The van der Waals surface area contributed by atoms with Crippen molar-refractivity contribution in [3.05, 3.63) is 219 Å². The molecule has 80 heavy (non-hydrogen) atoms. The summed E-state index contributed by atoms with van der Waals surface area (Å²) >= 11 is 0. The first-order valence-corrected chi connectivity index (χ1v) is 29.5. The Labute approximate surface area is 474 Å². The summed E-state index contributed by atoms with van der Waals surface area (Å²) in [6.45, 7) is 33.8. The van der Waals surface area contributed by atoms with E-state index in [0.29, 0.717) is 0 Å². The topological polar surface area (TPSA) is 19.6 Å². The van der Waals surface area contributed by atoms with Crippen molar-refractivity contribution in [2.24, 2.45) is 0 Å². The van der Waals surface area contributed by atoms with Crippen LogP contribution in [0.1, 0.15) is 158 Å². The Morgan fingerprint density at radius 3 is 1.75 bits per heavy atom. The average molecular weight is 1040 g/mol. The molecule has 0 saturated heterocycles. The lowest BCUT2D eigenvalue weighted by molar-refractivity contribution is 0.332. The molecule has 0 saturated carbocycles. The number of benzene rings is 9. The second-order valence-electron chi connectivity index (χ2n) is 28.4. The summed E-state index contributed by atoms with van der Waals surface area (Å²) in [4.78, 5) is 5.54. The highest BCUT2D eigenvalue weighted by molar-refractivity contribution is 6.94. The Morgan fingerprint density at radius 2 is 1.05 bits per heavy atom. The van der Waals surface area contributed by atoms with E-state index in [9.17, 15) is 0 Å². The number of aryl methyl sites for hydroxylation is 1. The molecule has 2 aliphatic heterocycles. The molecule has 4 heteroatoms. The summed E-state index contributed by atoms with van der Waals surface area (Å²) in [5.41, 5.74) is 31.1. The third kappa shape index (κ3) is 6.51. The van der Waals surface area contributed by atoms with Crippen LogP contribution in [0.4, 0.5) is 28.4 Å². The van der Waals surface area contributed by atoms with Gasteiger partial charge in [0.2, 0.25) is 0 Å². The average Bonchev–Trinajstić information content (AvgIpc) is 4.05. The Balaban J connectivity index is 1.16. The molecule has 0 spiro atoms. The molecule has 0 unspecified atom stereocenters. The minimum atomic E-state index is -0.336. The number of fused-ring (bicyclic) bond motifs is 15. The molecule has 0 bridgehead atoms. The lowest BCUT2D eigenvalue weighted by atomic mass is 9.42. The fourth-order valence-corrected chi connectivity index (χ4v) is 16.0. The van der Waals surface area contributed by atoms with E-state index in [1.807, 2.05) is 0 Å². The van der Waals surface area contributed by atoms with Crippen LogP contribution in [0.2, 0.25) is 0 Å². The maximum Gasteiger partial charge on any atom is 0.333 e. The monoisotopic (exact) mass is 1040 g/mol. The number of para-hydroxylation sites is 1. The van der Waals surface area contributed by atoms with E-state index in [1.54, 1.807) is 0 Å². The van der Waals surface area contributed by atoms with Gasteiger partial charge < -0.3 is 14.1 Å². The molecule has 9 aromatic carbocycles. The quantitative estimate of drug-likeness (QED) is 0.164. The number of anilines is 5. The third-order valence-electron chi connectivity index (χ3n) is 20.6. The van der Waals surface area contributed by atoms with Gasteiger partial charge in [-0.2, -0.15) is 0 Å². The lowest BCUT2D eigenvalue weighted by Crippen LogP contribution is -2.62. The van der Waals surface area contributed by atoms with Gasteiger partial charge in [0.05, 0.1) is 0 Å². The second kappa shape index (κ2) is 16.1. The van der Waals surface area contributed by atoms with Crippen molar-refractivity contribution in [3.63, 3.8) is 0 Å². The van der Waals surface area contributed by atoms with Gasteiger partial charge in [0.25, 0.3) is 0 Å². The Bertz CT molecular complexity index is 4340. The van der Waals surface area contributed by atoms with Crippen molar-refractivity contribution in [1.82, 2.24) is 0 Å². The molecule has 0 atom stereocenters. The van der Waals surface area contributed by atoms with E-state index in [2.05, 4.69) is 270 Å². The zero-order valence-corrected chi connectivity index (χ0v) is 49.4.